The number of anilines is 1. The highest BCUT2D eigenvalue weighted by Gasteiger charge is 2.03. The quantitative estimate of drug-likeness (QED) is 0.734. The van der Waals surface area contributed by atoms with Crippen LogP contribution in [0.4, 0.5) is 5.69 Å². The zero-order valence-corrected chi connectivity index (χ0v) is 14.5. The van der Waals surface area contributed by atoms with Crippen molar-refractivity contribution in [2.45, 2.75) is 20.3 Å². The van der Waals surface area contributed by atoms with Gasteiger partial charge in [-0.3, -0.25) is 4.79 Å². The van der Waals surface area contributed by atoms with Crippen LogP contribution in [0.15, 0.2) is 48.5 Å². The molecule has 0 atom stereocenters. The zero-order valence-electron chi connectivity index (χ0n) is 13.7. The molecule has 0 radical (unpaired) electrons. The summed E-state index contributed by atoms with van der Waals surface area (Å²) in [5.41, 5.74) is 3.34. The number of hydrogen-bond donors (Lipinski definition) is 1. The molecule has 0 aromatic heterocycles. The van der Waals surface area contributed by atoms with Gasteiger partial charge in [-0.15, -0.1) is 11.8 Å². The molecule has 2 aromatic rings. The number of carbonyl (C=O) groups is 1. The minimum Gasteiger partial charge on any atom is -0.493 e. The summed E-state index contributed by atoms with van der Waals surface area (Å²) in [6.07, 6.45) is 1.01. The fraction of sp³-hybridized carbons (Fsp3) is 0.316. The number of amides is 1. The Kier molecular flexibility index (Phi) is 7.01. The van der Waals surface area contributed by atoms with E-state index in [4.69, 9.17) is 4.74 Å². The molecule has 0 spiro atoms. The normalized spacial score (nSPS) is 10.3. The lowest BCUT2D eigenvalue weighted by molar-refractivity contribution is -0.113. The number of nitrogens with one attached hydrogen (secondary N) is 1. The molecule has 1 amide bonds. The van der Waals surface area contributed by atoms with Crippen molar-refractivity contribution in [3.05, 3.63) is 59.7 Å². The summed E-state index contributed by atoms with van der Waals surface area (Å²) in [6.45, 7) is 4.77. The monoisotopic (exact) mass is 329 g/mol. The Morgan fingerprint density at radius 1 is 1.09 bits per heavy atom. The highest BCUT2D eigenvalue weighted by Crippen LogP contribution is 2.13. The molecular formula is C19H23NO2S. The summed E-state index contributed by atoms with van der Waals surface area (Å²) >= 11 is 1.57. The molecule has 2 aromatic carbocycles. The molecule has 0 heterocycles. The van der Waals surface area contributed by atoms with Crippen LogP contribution in [-0.4, -0.2) is 24.0 Å². The molecule has 0 fully saturated rings. The molecule has 0 saturated heterocycles. The van der Waals surface area contributed by atoms with Crippen LogP contribution < -0.4 is 10.1 Å². The van der Waals surface area contributed by atoms with E-state index < -0.39 is 0 Å². The Hall–Kier alpha value is -1.94. The van der Waals surface area contributed by atoms with E-state index in [0.717, 1.165) is 23.6 Å². The Morgan fingerprint density at radius 2 is 1.78 bits per heavy atom. The van der Waals surface area contributed by atoms with Gasteiger partial charge in [0.15, 0.2) is 0 Å². The van der Waals surface area contributed by atoms with Gasteiger partial charge in [0.05, 0.1) is 12.4 Å². The van der Waals surface area contributed by atoms with Crippen molar-refractivity contribution < 1.29 is 9.53 Å². The molecule has 23 heavy (non-hydrogen) atoms. The van der Waals surface area contributed by atoms with E-state index in [9.17, 15) is 4.79 Å². The van der Waals surface area contributed by atoms with Crippen LogP contribution in [0.1, 0.15) is 18.1 Å². The Balaban J connectivity index is 1.61. The van der Waals surface area contributed by atoms with Crippen molar-refractivity contribution in [3.8, 4) is 5.75 Å². The number of benzene rings is 2. The Bertz CT molecular complexity index is 608. The number of ether oxygens (including phenoxy) is 1. The largest absolute Gasteiger partial charge is 0.493 e. The lowest BCUT2D eigenvalue weighted by atomic mass is 10.1. The second-order valence-corrected chi connectivity index (χ2v) is 6.42. The fourth-order valence-corrected chi connectivity index (χ4v) is 2.64. The van der Waals surface area contributed by atoms with Crippen LogP contribution in [-0.2, 0) is 11.2 Å². The lowest BCUT2D eigenvalue weighted by Crippen LogP contribution is -2.15. The van der Waals surface area contributed by atoms with Gasteiger partial charge in [-0.2, -0.15) is 0 Å². The maximum Gasteiger partial charge on any atom is 0.234 e. The van der Waals surface area contributed by atoms with Gasteiger partial charge in [0.25, 0.3) is 0 Å². The third-order valence-corrected chi connectivity index (χ3v) is 4.32. The van der Waals surface area contributed by atoms with Gasteiger partial charge in [-0.05, 0) is 43.2 Å². The first-order valence-corrected chi connectivity index (χ1v) is 8.99. The van der Waals surface area contributed by atoms with Crippen LogP contribution in [0.3, 0.4) is 0 Å². The molecule has 122 valence electrons. The van der Waals surface area contributed by atoms with Crippen molar-refractivity contribution in [3.63, 3.8) is 0 Å². The first-order valence-electron chi connectivity index (χ1n) is 7.83. The van der Waals surface area contributed by atoms with Crippen LogP contribution in [0, 0.1) is 6.92 Å². The summed E-state index contributed by atoms with van der Waals surface area (Å²) in [7, 11) is 0. The van der Waals surface area contributed by atoms with E-state index in [-0.39, 0.29) is 5.91 Å². The lowest BCUT2D eigenvalue weighted by Gasteiger charge is -2.07. The van der Waals surface area contributed by atoms with Gasteiger partial charge in [0.2, 0.25) is 5.91 Å². The van der Waals surface area contributed by atoms with Crippen molar-refractivity contribution in [1.29, 1.82) is 0 Å². The molecule has 1 N–H and O–H groups in total. The van der Waals surface area contributed by atoms with Gasteiger partial charge in [0.1, 0.15) is 5.75 Å². The third-order valence-electron chi connectivity index (χ3n) is 3.40. The van der Waals surface area contributed by atoms with Crippen molar-refractivity contribution >= 4 is 23.4 Å². The second kappa shape index (κ2) is 9.26. The molecule has 0 unspecified atom stereocenters. The summed E-state index contributed by atoms with van der Waals surface area (Å²) in [5.74, 6) is 2.12. The van der Waals surface area contributed by atoms with Gasteiger partial charge < -0.3 is 10.1 Å². The van der Waals surface area contributed by atoms with Crippen molar-refractivity contribution in [1.82, 2.24) is 0 Å². The standard InChI is InChI=1S/C19H23NO2S/c1-3-16-6-8-17(9-7-16)20-19(21)14-23-13-12-22-18-10-4-15(2)5-11-18/h4-11H,3,12-14H2,1-2H3,(H,20,21). The van der Waals surface area contributed by atoms with Crippen LogP contribution >= 0.6 is 11.8 Å². The number of aryl methyl sites for hydroxylation is 2. The molecule has 3 nitrogen and oxygen atoms in total. The highest BCUT2D eigenvalue weighted by molar-refractivity contribution is 7.99. The molecule has 0 aliphatic rings. The summed E-state index contributed by atoms with van der Waals surface area (Å²) in [6, 6.07) is 16.0. The van der Waals surface area contributed by atoms with E-state index in [2.05, 4.69) is 12.2 Å². The third kappa shape index (κ3) is 6.37. The average molecular weight is 329 g/mol. The minimum atomic E-state index is 0.0228. The van der Waals surface area contributed by atoms with E-state index in [0.29, 0.717) is 12.4 Å². The summed E-state index contributed by atoms with van der Waals surface area (Å²) in [4.78, 5) is 11.9. The molecule has 0 bridgehead atoms. The topological polar surface area (TPSA) is 38.3 Å². The number of hydrogen-bond acceptors (Lipinski definition) is 3. The first-order chi connectivity index (χ1) is 11.2. The number of thioether (sulfide) groups is 1. The molecule has 2 rings (SSSR count). The van der Waals surface area contributed by atoms with Gasteiger partial charge in [-0.25, -0.2) is 0 Å². The molecule has 0 saturated carbocycles. The SMILES string of the molecule is CCc1ccc(NC(=O)CSCCOc2ccc(C)cc2)cc1. The predicted molar refractivity (Wildman–Crippen MR) is 98.4 cm³/mol. The van der Waals surface area contributed by atoms with Gasteiger partial charge >= 0.3 is 0 Å². The highest BCUT2D eigenvalue weighted by atomic mass is 32.2. The van der Waals surface area contributed by atoms with Gasteiger partial charge in [0, 0.05) is 11.4 Å². The minimum absolute atomic E-state index is 0.0228. The van der Waals surface area contributed by atoms with Gasteiger partial charge in [-0.1, -0.05) is 36.8 Å². The number of carbonyl (C=O) groups excluding carboxylic acids is 1. The smallest absolute Gasteiger partial charge is 0.234 e. The predicted octanol–water partition coefficient (Wildman–Crippen LogP) is 4.31. The Morgan fingerprint density at radius 3 is 2.43 bits per heavy atom. The summed E-state index contributed by atoms with van der Waals surface area (Å²) in [5, 5.41) is 2.91. The van der Waals surface area contributed by atoms with E-state index >= 15 is 0 Å². The molecule has 4 heteroatoms. The van der Waals surface area contributed by atoms with Crippen molar-refractivity contribution in [2.75, 3.05) is 23.4 Å². The van der Waals surface area contributed by atoms with E-state index in [1.54, 1.807) is 11.8 Å². The molecule has 0 aliphatic carbocycles. The zero-order chi connectivity index (χ0) is 16.5. The number of rotatable bonds is 8. The fourth-order valence-electron chi connectivity index (χ4n) is 2.04. The van der Waals surface area contributed by atoms with E-state index in [1.807, 2.05) is 55.5 Å². The maximum absolute atomic E-state index is 11.9. The molecule has 0 aliphatic heterocycles. The molecular weight excluding hydrogens is 306 g/mol. The van der Waals surface area contributed by atoms with Crippen LogP contribution in [0.25, 0.3) is 0 Å². The van der Waals surface area contributed by atoms with Crippen LogP contribution in [0.2, 0.25) is 0 Å². The first kappa shape index (κ1) is 17.4. The Labute approximate surface area is 142 Å². The van der Waals surface area contributed by atoms with Crippen molar-refractivity contribution in [2.24, 2.45) is 0 Å². The van der Waals surface area contributed by atoms with Crippen LogP contribution in [0.5, 0.6) is 5.75 Å². The maximum atomic E-state index is 11.9. The second-order valence-electron chi connectivity index (χ2n) is 5.31. The summed E-state index contributed by atoms with van der Waals surface area (Å²) < 4.78 is 5.63. The average Bonchev–Trinajstić information content (AvgIpc) is 2.57. The van der Waals surface area contributed by atoms with E-state index in [1.165, 1.54) is 11.1 Å².